The molecule has 1 N–H and O–H groups in total. The summed E-state index contributed by atoms with van der Waals surface area (Å²) in [5.74, 6) is 0. The molecule has 0 saturated carbocycles. The number of aromatic nitrogens is 1. The normalized spacial score (nSPS) is 10.6. The van der Waals surface area contributed by atoms with Crippen LogP contribution in [-0.4, -0.2) is 4.98 Å². The Kier molecular flexibility index (Phi) is 2.76. The standard InChI is InChI=1S/C14H12N2S/c1-2-6-14-11(4-1)8-13(17-14)10-16-12-5-3-7-15-9-12/h1-9,16H,10H2. The number of benzene rings is 1. The summed E-state index contributed by atoms with van der Waals surface area (Å²) in [5.41, 5.74) is 1.06. The lowest BCUT2D eigenvalue weighted by Crippen LogP contribution is -1.96. The molecule has 0 aliphatic rings. The molecule has 17 heavy (non-hydrogen) atoms. The molecule has 3 rings (SSSR count). The lowest BCUT2D eigenvalue weighted by Gasteiger charge is -2.02. The number of hydrogen-bond donors (Lipinski definition) is 1. The monoisotopic (exact) mass is 240 g/mol. The predicted molar refractivity (Wildman–Crippen MR) is 73.4 cm³/mol. The average Bonchev–Trinajstić information content (AvgIpc) is 2.80. The lowest BCUT2D eigenvalue weighted by atomic mass is 10.2. The highest BCUT2D eigenvalue weighted by Gasteiger charge is 2.00. The Bertz CT molecular complexity index is 583. The molecule has 0 fully saturated rings. The van der Waals surface area contributed by atoms with Gasteiger partial charge in [-0.15, -0.1) is 11.3 Å². The molecular weight excluding hydrogens is 228 g/mol. The quantitative estimate of drug-likeness (QED) is 0.750. The summed E-state index contributed by atoms with van der Waals surface area (Å²) in [7, 11) is 0. The second-order valence-electron chi connectivity index (χ2n) is 3.85. The zero-order valence-corrected chi connectivity index (χ0v) is 10.1. The van der Waals surface area contributed by atoms with Crippen LogP contribution in [0.2, 0.25) is 0 Å². The highest BCUT2D eigenvalue weighted by Crippen LogP contribution is 2.25. The van der Waals surface area contributed by atoms with Crippen LogP contribution >= 0.6 is 11.3 Å². The first-order chi connectivity index (χ1) is 8.42. The number of nitrogens with one attached hydrogen (secondary N) is 1. The second kappa shape index (κ2) is 4.55. The molecule has 3 heteroatoms. The van der Waals surface area contributed by atoms with E-state index in [1.54, 1.807) is 6.20 Å². The number of thiophene rings is 1. The Balaban J connectivity index is 1.77. The molecule has 0 spiro atoms. The average molecular weight is 240 g/mol. The van der Waals surface area contributed by atoms with Crippen molar-refractivity contribution in [3.63, 3.8) is 0 Å². The van der Waals surface area contributed by atoms with Crippen LogP contribution in [0.5, 0.6) is 0 Å². The van der Waals surface area contributed by atoms with Crippen molar-refractivity contribution in [2.75, 3.05) is 5.32 Å². The minimum absolute atomic E-state index is 0.852. The summed E-state index contributed by atoms with van der Waals surface area (Å²) in [6.07, 6.45) is 3.62. The van der Waals surface area contributed by atoms with Crippen LogP contribution in [0.1, 0.15) is 4.88 Å². The number of hydrogen-bond acceptors (Lipinski definition) is 3. The molecule has 0 unspecified atom stereocenters. The van der Waals surface area contributed by atoms with Gasteiger partial charge in [0.2, 0.25) is 0 Å². The topological polar surface area (TPSA) is 24.9 Å². The van der Waals surface area contributed by atoms with Crippen LogP contribution in [0.15, 0.2) is 54.9 Å². The van der Waals surface area contributed by atoms with Gasteiger partial charge in [-0.25, -0.2) is 0 Å². The molecule has 0 atom stereocenters. The second-order valence-corrected chi connectivity index (χ2v) is 5.01. The number of fused-ring (bicyclic) bond motifs is 1. The van der Waals surface area contributed by atoms with Gasteiger partial charge in [0.05, 0.1) is 5.69 Å². The number of nitrogens with zero attached hydrogens (tertiary/aromatic N) is 1. The molecule has 2 aromatic heterocycles. The Labute approximate surface area is 104 Å². The van der Waals surface area contributed by atoms with Crippen molar-refractivity contribution in [3.8, 4) is 0 Å². The smallest absolute Gasteiger partial charge is 0.0529 e. The van der Waals surface area contributed by atoms with Gasteiger partial charge in [-0.2, -0.15) is 0 Å². The number of pyridine rings is 1. The van der Waals surface area contributed by atoms with Gasteiger partial charge in [0, 0.05) is 28.5 Å². The molecule has 0 saturated heterocycles. The number of rotatable bonds is 3. The van der Waals surface area contributed by atoms with Crippen molar-refractivity contribution < 1.29 is 0 Å². The van der Waals surface area contributed by atoms with Crippen molar-refractivity contribution in [2.45, 2.75) is 6.54 Å². The fraction of sp³-hybridized carbons (Fsp3) is 0.0714. The highest BCUT2D eigenvalue weighted by molar-refractivity contribution is 7.19. The van der Waals surface area contributed by atoms with Gasteiger partial charge >= 0.3 is 0 Å². The van der Waals surface area contributed by atoms with Crippen molar-refractivity contribution in [1.82, 2.24) is 4.98 Å². The summed E-state index contributed by atoms with van der Waals surface area (Å²) in [4.78, 5) is 5.42. The SMILES string of the molecule is c1cncc(NCc2cc3ccccc3s2)c1. The lowest BCUT2D eigenvalue weighted by molar-refractivity contribution is 1.17. The minimum Gasteiger partial charge on any atom is -0.379 e. The maximum absolute atomic E-state index is 4.08. The number of anilines is 1. The molecule has 0 radical (unpaired) electrons. The van der Waals surface area contributed by atoms with Crippen LogP contribution in [0.3, 0.4) is 0 Å². The van der Waals surface area contributed by atoms with Gasteiger partial charge in [-0.05, 0) is 29.7 Å². The maximum atomic E-state index is 4.08. The van der Waals surface area contributed by atoms with E-state index in [0.29, 0.717) is 0 Å². The third kappa shape index (κ3) is 2.29. The summed E-state index contributed by atoms with van der Waals surface area (Å²) < 4.78 is 1.34. The van der Waals surface area contributed by atoms with Crippen LogP contribution in [0.4, 0.5) is 5.69 Å². The minimum atomic E-state index is 0.852. The first-order valence-electron chi connectivity index (χ1n) is 5.53. The van der Waals surface area contributed by atoms with Gasteiger partial charge in [-0.3, -0.25) is 4.98 Å². The van der Waals surface area contributed by atoms with E-state index in [0.717, 1.165) is 12.2 Å². The van der Waals surface area contributed by atoms with E-state index in [1.807, 2.05) is 29.7 Å². The Morgan fingerprint density at radius 1 is 1.12 bits per heavy atom. The summed E-state index contributed by atoms with van der Waals surface area (Å²) in [6, 6.07) is 14.7. The largest absolute Gasteiger partial charge is 0.379 e. The van der Waals surface area contributed by atoms with Crippen molar-refractivity contribution in [1.29, 1.82) is 0 Å². The predicted octanol–water partition coefficient (Wildman–Crippen LogP) is 3.91. The molecule has 1 aromatic carbocycles. The van der Waals surface area contributed by atoms with Gasteiger partial charge < -0.3 is 5.32 Å². The van der Waals surface area contributed by atoms with E-state index in [-0.39, 0.29) is 0 Å². The summed E-state index contributed by atoms with van der Waals surface area (Å²) >= 11 is 1.83. The highest BCUT2D eigenvalue weighted by atomic mass is 32.1. The molecule has 2 nitrogen and oxygen atoms in total. The van der Waals surface area contributed by atoms with E-state index in [2.05, 4.69) is 40.6 Å². The van der Waals surface area contributed by atoms with E-state index >= 15 is 0 Å². The van der Waals surface area contributed by atoms with Gasteiger partial charge in [0.15, 0.2) is 0 Å². The summed E-state index contributed by atoms with van der Waals surface area (Å²) in [5, 5.41) is 4.69. The first kappa shape index (κ1) is 10.3. The third-order valence-corrected chi connectivity index (χ3v) is 3.72. The third-order valence-electron chi connectivity index (χ3n) is 2.60. The Morgan fingerprint density at radius 3 is 2.88 bits per heavy atom. The molecule has 0 aliphatic heterocycles. The summed E-state index contributed by atoms with van der Waals surface area (Å²) in [6.45, 7) is 0.852. The zero-order chi connectivity index (χ0) is 11.5. The molecule has 0 bridgehead atoms. The Morgan fingerprint density at radius 2 is 2.06 bits per heavy atom. The first-order valence-corrected chi connectivity index (χ1v) is 6.35. The van der Waals surface area contributed by atoms with E-state index < -0.39 is 0 Å². The van der Waals surface area contributed by atoms with E-state index in [1.165, 1.54) is 15.0 Å². The molecular formula is C14H12N2S. The van der Waals surface area contributed by atoms with Crippen LogP contribution in [-0.2, 0) is 6.54 Å². The molecule has 0 amide bonds. The molecule has 84 valence electrons. The van der Waals surface area contributed by atoms with Gasteiger partial charge in [0.1, 0.15) is 0 Å². The Hall–Kier alpha value is -1.87. The van der Waals surface area contributed by atoms with Crippen molar-refractivity contribution in [2.24, 2.45) is 0 Å². The van der Waals surface area contributed by atoms with Gasteiger partial charge in [-0.1, -0.05) is 18.2 Å². The maximum Gasteiger partial charge on any atom is 0.0529 e. The molecule has 0 aliphatic carbocycles. The van der Waals surface area contributed by atoms with E-state index in [9.17, 15) is 0 Å². The van der Waals surface area contributed by atoms with Gasteiger partial charge in [0.25, 0.3) is 0 Å². The van der Waals surface area contributed by atoms with Crippen LogP contribution < -0.4 is 5.32 Å². The zero-order valence-electron chi connectivity index (χ0n) is 9.26. The van der Waals surface area contributed by atoms with Crippen LogP contribution in [0, 0.1) is 0 Å². The molecule has 2 heterocycles. The fourth-order valence-corrected chi connectivity index (χ4v) is 2.78. The fourth-order valence-electron chi connectivity index (χ4n) is 1.78. The van der Waals surface area contributed by atoms with Crippen LogP contribution in [0.25, 0.3) is 10.1 Å². The van der Waals surface area contributed by atoms with Crippen molar-refractivity contribution >= 4 is 27.1 Å². The molecule has 3 aromatic rings. The van der Waals surface area contributed by atoms with E-state index in [4.69, 9.17) is 0 Å². The van der Waals surface area contributed by atoms with Crippen molar-refractivity contribution in [3.05, 3.63) is 59.7 Å².